The molecule has 4 nitrogen and oxygen atoms in total. The van der Waals surface area contributed by atoms with Gasteiger partial charge in [-0.1, -0.05) is 41.6 Å². The van der Waals surface area contributed by atoms with Gasteiger partial charge in [0.05, 0.1) is 5.25 Å². The first-order valence-corrected chi connectivity index (χ1v) is 10.1. The van der Waals surface area contributed by atoms with Crippen LogP contribution in [-0.4, -0.2) is 16.4 Å². The molecule has 1 N–H and O–H groups in total. The summed E-state index contributed by atoms with van der Waals surface area (Å²) in [6.07, 6.45) is 0.553. The van der Waals surface area contributed by atoms with Crippen molar-refractivity contribution in [2.24, 2.45) is 0 Å². The van der Waals surface area contributed by atoms with Crippen LogP contribution < -0.4 is 10.1 Å². The summed E-state index contributed by atoms with van der Waals surface area (Å²) in [5.41, 5.74) is 0.940. The van der Waals surface area contributed by atoms with Gasteiger partial charge in [0, 0.05) is 26.6 Å². The highest BCUT2D eigenvalue weighted by Crippen LogP contribution is 2.33. The first-order valence-electron chi connectivity index (χ1n) is 7.98. The van der Waals surface area contributed by atoms with Crippen LogP contribution >= 0.6 is 34.7 Å². The number of carbonyl (C=O) groups is 2. The Balaban J connectivity index is 1.48. The number of rotatable bonds is 5. The highest BCUT2D eigenvalue weighted by atomic mass is 35.5. The molecular weight excluding hydrogens is 390 g/mol. The molecule has 0 aliphatic carbocycles. The number of fused-ring (bicyclic) bond motifs is 1. The van der Waals surface area contributed by atoms with Crippen molar-refractivity contribution in [1.82, 2.24) is 5.32 Å². The maximum absolute atomic E-state index is 11.7. The predicted octanol–water partition coefficient (Wildman–Crippen LogP) is 5.03. The highest BCUT2D eigenvalue weighted by Gasteiger charge is 2.31. The standard InChI is InChI=1S/C19H14ClNO3S2/c20-15-4-2-1-3-12(15)10-24-13-6-5-11-7-14(25-16(11)8-13)9-17-18(22)21-19(23)26-17/h1-8,17H,9-10H2,(H,21,22,23). The molecule has 0 radical (unpaired) electrons. The van der Waals surface area contributed by atoms with E-state index in [4.69, 9.17) is 16.3 Å². The predicted molar refractivity (Wildman–Crippen MR) is 106 cm³/mol. The van der Waals surface area contributed by atoms with E-state index < -0.39 is 0 Å². The number of carbonyl (C=O) groups excluding carboxylic acids is 2. The van der Waals surface area contributed by atoms with Gasteiger partial charge in [0.2, 0.25) is 5.91 Å². The third-order valence-corrected chi connectivity index (χ3v) is 6.52. The van der Waals surface area contributed by atoms with Crippen LogP contribution in [0.3, 0.4) is 0 Å². The van der Waals surface area contributed by atoms with Crippen molar-refractivity contribution in [3.63, 3.8) is 0 Å². The van der Waals surface area contributed by atoms with E-state index >= 15 is 0 Å². The highest BCUT2D eigenvalue weighted by molar-refractivity contribution is 8.15. The number of amides is 2. The van der Waals surface area contributed by atoms with Crippen LogP contribution in [0.25, 0.3) is 10.1 Å². The van der Waals surface area contributed by atoms with Crippen LogP contribution in [-0.2, 0) is 17.8 Å². The lowest BCUT2D eigenvalue weighted by atomic mass is 10.2. The maximum atomic E-state index is 11.7. The first-order chi connectivity index (χ1) is 12.6. The van der Waals surface area contributed by atoms with Gasteiger partial charge >= 0.3 is 0 Å². The van der Waals surface area contributed by atoms with E-state index in [9.17, 15) is 9.59 Å². The van der Waals surface area contributed by atoms with Gasteiger partial charge in [-0.15, -0.1) is 11.3 Å². The number of hydrogen-bond acceptors (Lipinski definition) is 5. The van der Waals surface area contributed by atoms with E-state index in [1.807, 2.05) is 42.5 Å². The summed E-state index contributed by atoms with van der Waals surface area (Å²) >= 11 is 8.83. The Kier molecular flexibility index (Phi) is 4.89. The Morgan fingerprint density at radius 2 is 1.96 bits per heavy atom. The van der Waals surface area contributed by atoms with Crippen molar-refractivity contribution in [2.75, 3.05) is 0 Å². The molecule has 2 aromatic carbocycles. The monoisotopic (exact) mass is 403 g/mol. The zero-order valence-corrected chi connectivity index (χ0v) is 15.9. The van der Waals surface area contributed by atoms with Crippen LogP contribution in [0, 0.1) is 0 Å². The van der Waals surface area contributed by atoms with Gasteiger partial charge in [0.25, 0.3) is 5.24 Å². The van der Waals surface area contributed by atoms with Crippen molar-refractivity contribution in [3.05, 3.63) is 64.0 Å². The van der Waals surface area contributed by atoms with E-state index in [2.05, 4.69) is 11.4 Å². The number of halogens is 1. The van der Waals surface area contributed by atoms with Gasteiger partial charge in [-0.05, 0) is 35.7 Å². The summed E-state index contributed by atoms with van der Waals surface area (Å²) in [7, 11) is 0. The number of nitrogens with one attached hydrogen (secondary N) is 1. The van der Waals surface area contributed by atoms with Crippen molar-refractivity contribution in [2.45, 2.75) is 18.3 Å². The fourth-order valence-electron chi connectivity index (χ4n) is 2.74. The van der Waals surface area contributed by atoms with Gasteiger partial charge in [0.15, 0.2) is 0 Å². The molecule has 1 saturated heterocycles. The molecule has 1 fully saturated rings. The second-order valence-corrected chi connectivity index (χ2v) is 8.63. The van der Waals surface area contributed by atoms with Gasteiger partial charge < -0.3 is 4.74 Å². The van der Waals surface area contributed by atoms with Gasteiger partial charge in [-0.3, -0.25) is 14.9 Å². The summed E-state index contributed by atoms with van der Waals surface area (Å²) in [6, 6.07) is 15.6. The van der Waals surface area contributed by atoms with Gasteiger partial charge in [-0.2, -0.15) is 0 Å². The summed E-state index contributed by atoms with van der Waals surface area (Å²) in [6.45, 7) is 0.407. The molecular formula is C19H14ClNO3S2. The molecule has 4 rings (SSSR count). The minimum absolute atomic E-state index is 0.207. The third kappa shape index (κ3) is 3.72. The third-order valence-electron chi connectivity index (χ3n) is 4.05. The Hall–Kier alpha value is -2.02. The van der Waals surface area contributed by atoms with Crippen LogP contribution in [0.15, 0.2) is 48.5 Å². The molecule has 1 aliphatic rings. The van der Waals surface area contributed by atoms with E-state index in [0.29, 0.717) is 18.1 Å². The molecule has 26 heavy (non-hydrogen) atoms. The lowest BCUT2D eigenvalue weighted by Crippen LogP contribution is -2.25. The summed E-state index contributed by atoms with van der Waals surface area (Å²) in [5, 5.41) is 3.51. The zero-order valence-electron chi connectivity index (χ0n) is 13.5. The van der Waals surface area contributed by atoms with E-state index in [1.165, 1.54) is 0 Å². The van der Waals surface area contributed by atoms with E-state index in [0.717, 1.165) is 38.0 Å². The maximum Gasteiger partial charge on any atom is 0.286 e. The molecule has 1 unspecified atom stereocenters. The zero-order chi connectivity index (χ0) is 18.1. The summed E-state index contributed by atoms with van der Waals surface area (Å²) in [5.74, 6) is 0.565. The number of thioether (sulfide) groups is 1. The van der Waals surface area contributed by atoms with E-state index in [-0.39, 0.29) is 16.4 Å². The smallest absolute Gasteiger partial charge is 0.286 e. The van der Waals surface area contributed by atoms with Crippen LogP contribution in [0.4, 0.5) is 4.79 Å². The quantitative estimate of drug-likeness (QED) is 0.649. The number of benzene rings is 2. The first kappa shape index (κ1) is 17.4. The lowest BCUT2D eigenvalue weighted by molar-refractivity contribution is -0.118. The molecule has 2 amide bonds. The minimum atomic E-state index is -0.341. The second kappa shape index (κ2) is 7.31. The molecule has 3 aromatic rings. The number of ether oxygens (including phenoxy) is 1. The van der Waals surface area contributed by atoms with Crippen molar-refractivity contribution >= 4 is 55.9 Å². The van der Waals surface area contributed by atoms with Crippen molar-refractivity contribution < 1.29 is 14.3 Å². The van der Waals surface area contributed by atoms with Crippen LogP contribution in [0.2, 0.25) is 5.02 Å². The number of thiophene rings is 1. The largest absolute Gasteiger partial charge is 0.489 e. The Morgan fingerprint density at radius 1 is 1.12 bits per heavy atom. The Morgan fingerprint density at radius 3 is 2.73 bits per heavy atom. The Labute approximate surface area is 163 Å². The molecule has 0 saturated carbocycles. The van der Waals surface area contributed by atoms with Gasteiger partial charge in [-0.25, -0.2) is 0 Å². The fourth-order valence-corrected chi connectivity index (χ4v) is 5.02. The molecule has 1 atom stereocenters. The summed E-state index contributed by atoms with van der Waals surface area (Å²) < 4.78 is 6.95. The SMILES string of the molecule is O=C1NC(=O)C(Cc2cc3ccc(OCc4ccccc4Cl)cc3s2)S1. The average molecular weight is 404 g/mol. The van der Waals surface area contributed by atoms with Crippen LogP contribution in [0.5, 0.6) is 5.75 Å². The lowest BCUT2D eigenvalue weighted by Gasteiger charge is -2.07. The van der Waals surface area contributed by atoms with Crippen molar-refractivity contribution in [3.8, 4) is 5.75 Å². The van der Waals surface area contributed by atoms with Gasteiger partial charge in [0.1, 0.15) is 12.4 Å². The Bertz CT molecular complexity index is 1000. The summed E-state index contributed by atoms with van der Waals surface area (Å²) in [4.78, 5) is 24.1. The van der Waals surface area contributed by atoms with Crippen LogP contribution in [0.1, 0.15) is 10.4 Å². The average Bonchev–Trinajstić information content (AvgIpc) is 3.15. The molecule has 132 valence electrons. The molecule has 0 spiro atoms. The molecule has 7 heteroatoms. The molecule has 1 aromatic heterocycles. The number of imide groups is 1. The second-order valence-electron chi connectivity index (χ2n) is 5.88. The molecule has 0 bridgehead atoms. The normalized spacial score (nSPS) is 16.9. The fraction of sp³-hybridized carbons (Fsp3) is 0.158. The molecule has 1 aliphatic heterocycles. The minimum Gasteiger partial charge on any atom is -0.489 e. The number of hydrogen-bond donors (Lipinski definition) is 1. The molecule has 2 heterocycles. The van der Waals surface area contributed by atoms with Crippen molar-refractivity contribution in [1.29, 1.82) is 0 Å². The van der Waals surface area contributed by atoms with E-state index in [1.54, 1.807) is 11.3 Å². The topological polar surface area (TPSA) is 55.4 Å².